The second-order valence-corrected chi connectivity index (χ2v) is 3.44. The molecular weight excluding hydrogens is 216 g/mol. The van der Waals surface area contributed by atoms with Gasteiger partial charge >= 0.3 is 5.97 Å². The first-order chi connectivity index (χ1) is 7.24. The van der Waals surface area contributed by atoms with E-state index in [-0.39, 0.29) is 25.6 Å². The van der Waals surface area contributed by atoms with Crippen molar-refractivity contribution in [3.05, 3.63) is 34.9 Å². The van der Waals surface area contributed by atoms with Crippen molar-refractivity contribution in [3.63, 3.8) is 0 Å². The monoisotopic (exact) mass is 228 g/mol. The smallest absolute Gasteiger partial charge is 0.306 e. The van der Waals surface area contributed by atoms with Gasteiger partial charge in [0, 0.05) is 11.4 Å². The molecule has 4 heteroatoms. The van der Waals surface area contributed by atoms with E-state index in [1.54, 1.807) is 6.07 Å². The van der Waals surface area contributed by atoms with Gasteiger partial charge in [0.15, 0.2) is 0 Å². The average molecular weight is 229 g/mol. The zero-order valence-corrected chi connectivity index (χ0v) is 9.04. The number of aliphatic hydroxyl groups excluding tert-OH is 1. The maximum Gasteiger partial charge on any atom is 0.306 e. The van der Waals surface area contributed by atoms with E-state index in [2.05, 4.69) is 0 Å². The number of rotatable bonds is 5. The Morgan fingerprint density at radius 1 is 1.40 bits per heavy atom. The average Bonchev–Trinajstić information content (AvgIpc) is 2.25. The first-order valence-corrected chi connectivity index (χ1v) is 5.11. The van der Waals surface area contributed by atoms with Crippen LogP contribution in [0.1, 0.15) is 12.0 Å². The van der Waals surface area contributed by atoms with Crippen molar-refractivity contribution in [2.45, 2.75) is 12.8 Å². The number of halogens is 1. The van der Waals surface area contributed by atoms with Crippen LogP contribution in [-0.4, -0.2) is 24.3 Å². The van der Waals surface area contributed by atoms with Crippen LogP contribution in [0.4, 0.5) is 0 Å². The molecule has 0 aliphatic rings. The number of carbonyl (C=O) groups excluding carboxylic acids is 1. The summed E-state index contributed by atoms with van der Waals surface area (Å²) in [6.07, 6.45) is 0.841. The molecule has 0 bridgehead atoms. The number of aliphatic hydroxyl groups is 1. The molecule has 0 aliphatic heterocycles. The van der Waals surface area contributed by atoms with Gasteiger partial charge < -0.3 is 9.84 Å². The molecule has 1 rings (SSSR count). The topological polar surface area (TPSA) is 46.5 Å². The van der Waals surface area contributed by atoms with Crippen molar-refractivity contribution in [3.8, 4) is 0 Å². The molecule has 0 saturated carbocycles. The molecule has 0 radical (unpaired) electrons. The van der Waals surface area contributed by atoms with E-state index in [9.17, 15) is 4.79 Å². The van der Waals surface area contributed by atoms with E-state index >= 15 is 0 Å². The zero-order chi connectivity index (χ0) is 11.1. The summed E-state index contributed by atoms with van der Waals surface area (Å²) in [4.78, 5) is 11.1. The van der Waals surface area contributed by atoms with Gasteiger partial charge in [-0.05, 0) is 18.1 Å². The maximum atomic E-state index is 11.1. The normalized spacial score (nSPS) is 10.0. The zero-order valence-electron chi connectivity index (χ0n) is 8.28. The number of ether oxygens (including phenoxy) is 1. The van der Waals surface area contributed by atoms with Gasteiger partial charge in [-0.15, -0.1) is 0 Å². The quantitative estimate of drug-likeness (QED) is 0.782. The summed E-state index contributed by atoms with van der Waals surface area (Å²) in [6, 6.07) is 7.38. The summed E-state index contributed by atoms with van der Waals surface area (Å²) >= 11 is 5.92. The van der Waals surface area contributed by atoms with Gasteiger partial charge in [0.05, 0.1) is 6.61 Å². The van der Waals surface area contributed by atoms with Crippen LogP contribution >= 0.6 is 11.6 Å². The Balaban J connectivity index is 2.37. The highest BCUT2D eigenvalue weighted by Crippen LogP contribution is 2.16. The molecule has 1 N–H and O–H groups in total. The molecular formula is C11H13ClO3. The fourth-order valence-corrected chi connectivity index (χ4v) is 1.40. The summed E-state index contributed by atoms with van der Waals surface area (Å²) in [5.41, 5.74) is 0.931. The number of esters is 1. The standard InChI is InChI=1S/C11H13ClO3/c12-10-4-2-1-3-9(10)5-6-11(14)15-8-7-13/h1-4,13H,5-8H2. The molecule has 0 aromatic heterocycles. The van der Waals surface area contributed by atoms with Gasteiger partial charge in [0.2, 0.25) is 0 Å². The van der Waals surface area contributed by atoms with Crippen molar-refractivity contribution in [2.75, 3.05) is 13.2 Å². The second-order valence-electron chi connectivity index (χ2n) is 3.04. The summed E-state index contributed by atoms with van der Waals surface area (Å²) < 4.78 is 4.72. The predicted molar refractivity (Wildman–Crippen MR) is 57.8 cm³/mol. The van der Waals surface area contributed by atoms with Gasteiger partial charge in [0.25, 0.3) is 0 Å². The molecule has 0 spiro atoms. The lowest BCUT2D eigenvalue weighted by molar-refractivity contribution is -0.144. The van der Waals surface area contributed by atoms with Crippen LogP contribution in [0.3, 0.4) is 0 Å². The number of carbonyl (C=O) groups is 1. The Morgan fingerprint density at radius 3 is 2.80 bits per heavy atom. The number of benzene rings is 1. The van der Waals surface area contributed by atoms with Crippen LogP contribution in [0.15, 0.2) is 24.3 Å². The third-order valence-electron chi connectivity index (χ3n) is 1.91. The predicted octanol–water partition coefficient (Wildman–Crippen LogP) is 1.81. The van der Waals surface area contributed by atoms with Crippen LogP contribution in [0.25, 0.3) is 0 Å². The minimum absolute atomic E-state index is 0.0569. The third kappa shape index (κ3) is 4.32. The molecule has 0 amide bonds. The fourth-order valence-electron chi connectivity index (χ4n) is 1.17. The van der Waals surface area contributed by atoms with Crippen LogP contribution in [0.2, 0.25) is 5.02 Å². The molecule has 0 saturated heterocycles. The Labute approximate surface area is 93.6 Å². The molecule has 0 fully saturated rings. The SMILES string of the molecule is O=C(CCc1ccccc1Cl)OCCO. The molecule has 0 unspecified atom stereocenters. The largest absolute Gasteiger partial charge is 0.463 e. The van der Waals surface area contributed by atoms with Gasteiger partial charge in [-0.2, -0.15) is 0 Å². The van der Waals surface area contributed by atoms with Gasteiger partial charge in [0.1, 0.15) is 6.61 Å². The van der Waals surface area contributed by atoms with E-state index < -0.39 is 0 Å². The van der Waals surface area contributed by atoms with E-state index in [1.807, 2.05) is 18.2 Å². The fraction of sp³-hybridized carbons (Fsp3) is 0.364. The number of hydrogen-bond acceptors (Lipinski definition) is 3. The summed E-state index contributed by atoms with van der Waals surface area (Å²) in [6.45, 7) is -0.0841. The molecule has 15 heavy (non-hydrogen) atoms. The molecule has 0 atom stereocenters. The van der Waals surface area contributed by atoms with E-state index in [1.165, 1.54) is 0 Å². The third-order valence-corrected chi connectivity index (χ3v) is 2.28. The molecule has 1 aromatic rings. The van der Waals surface area contributed by atoms with Crippen molar-refractivity contribution in [2.24, 2.45) is 0 Å². The first kappa shape index (κ1) is 12.0. The highest BCUT2D eigenvalue weighted by molar-refractivity contribution is 6.31. The summed E-state index contributed by atoms with van der Waals surface area (Å²) in [5.74, 6) is -0.316. The molecule has 82 valence electrons. The van der Waals surface area contributed by atoms with Crippen LogP contribution in [0.5, 0.6) is 0 Å². The maximum absolute atomic E-state index is 11.1. The van der Waals surface area contributed by atoms with Crippen molar-refractivity contribution >= 4 is 17.6 Å². The van der Waals surface area contributed by atoms with Crippen LogP contribution in [0, 0.1) is 0 Å². The lowest BCUT2D eigenvalue weighted by Gasteiger charge is -2.04. The number of hydrogen-bond donors (Lipinski definition) is 1. The lowest BCUT2D eigenvalue weighted by atomic mass is 10.1. The minimum Gasteiger partial charge on any atom is -0.463 e. The molecule has 1 aromatic carbocycles. The second kappa shape index (κ2) is 6.43. The first-order valence-electron chi connectivity index (χ1n) is 4.74. The highest BCUT2D eigenvalue weighted by Gasteiger charge is 2.05. The van der Waals surface area contributed by atoms with Crippen LogP contribution in [-0.2, 0) is 16.0 Å². The summed E-state index contributed by atoms with van der Waals surface area (Å²) in [5, 5.41) is 9.11. The summed E-state index contributed by atoms with van der Waals surface area (Å²) in [7, 11) is 0. The van der Waals surface area contributed by atoms with Crippen molar-refractivity contribution < 1.29 is 14.6 Å². The van der Waals surface area contributed by atoms with E-state index in [0.717, 1.165) is 5.56 Å². The van der Waals surface area contributed by atoms with Gasteiger partial charge in [-0.1, -0.05) is 29.8 Å². The lowest BCUT2D eigenvalue weighted by Crippen LogP contribution is -2.09. The Hall–Kier alpha value is -1.06. The highest BCUT2D eigenvalue weighted by atomic mass is 35.5. The van der Waals surface area contributed by atoms with Crippen LogP contribution < -0.4 is 0 Å². The van der Waals surface area contributed by atoms with Gasteiger partial charge in [-0.25, -0.2) is 0 Å². The minimum atomic E-state index is -0.316. The van der Waals surface area contributed by atoms with Crippen molar-refractivity contribution in [1.82, 2.24) is 0 Å². The van der Waals surface area contributed by atoms with Crippen molar-refractivity contribution in [1.29, 1.82) is 0 Å². The molecule has 3 nitrogen and oxygen atoms in total. The van der Waals surface area contributed by atoms with E-state index in [4.69, 9.17) is 21.4 Å². The Morgan fingerprint density at radius 2 is 2.13 bits per heavy atom. The van der Waals surface area contributed by atoms with Gasteiger partial charge in [-0.3, -0.25) is 4.79 Å². The van der Waals surface area contributed by atoms with E-state index in [0.29, 0.717) is 11.4 Å². The Kier molecular flexibility index (Phi) is 5.15. The molecule has 0 heterocycles. The number of aryl methyl sites for hydroxylation is 1. The Bertz CT molecular complexity index is 325. The molecule has 0 aliphatic carbocycles.